The summed E-state index contributed by atoms with van der Waals surface area (Å²) in [6.07, 6.45) is 0. The molecule has 1 amide bonds. The molecule has 2 aromatic rings. The first-order valence-electron chi connectivity index (χ1n) is 9.70. The quantitative estimate of drug-likeness (QED) is 0.415. The molecule has 0 unspecified atom stereocenters. The maximum Gasteiger partial charge on any atom is 0.295 e. The van der Waals surface area contributed by atoms with Crippen molar-refractivity contribution in [1.82, 2.24) is 9.80 Å². The van der Waals surface area contributed by atoms with Crippen molar-refractivity contribution in [3.05, 3.63) is 65.0 Å². The Bertz CT molecular complexity index is 1030. The summed E-state index contributed by atoms with van der Waals surface area (Å²) < 4.78 is 24.6. The van der Waals surface area contributed by atoms with Crippen LogP contribution in [0.2, 0.25) is 0 Å². The maximum atomic E-state index is 14.0. The van der Waals surface area contributed by atoms with Gasteiger partial charge >= 0.3 is 0 Å². The number of ether oxygens (including phenoxy) is 2. The summed E-state index contributed by atoms with van der Waals surface area (Å²) in [5.74, 6) is -2.07. The predicted octanol–water partition coefficient (Wildman–Crippen LogP) is 2.83. The normalized spacial score (nSPS) is 18.0. The molecule has 1 aliphatic heterocycles. The number of ketones is 1. The van der Waals surface area contributed by atoms with Crippen molar-refractivity contribution in [1.29, 1.82) is 0 Å². The molecule has 164 valence electrons. The average molecular weight is 428 g/mol. The lowest BCUT2D eigenvalue weighted by atomic mass is 9.94. The van der Waals surface area contributed by atoms with E-state index in [-0.39, 0.29) is 23.4 Å². The van der Waals surface area contributed by atoms with Gasteiger partial charge in [-0.15, -0.1) is 0 Å². The van der Waals surface area contributed by atoms with Crippen LogP contribution in [-0.4, -0.2) is 68.0 Å². The number of rotatable bonds is 7. The molecule has 0 aliphatic carbocycles. The highest BCUT2D eigenvalue weighted by Crippen LogP contribution is 2.43. The molecule has 8 heteroatoms. The van der Waals surface area contributed by atoms with Gasteiger partial charge in [0.25, 0.3) is 11.7 Å². The standard InChI is InChI=1S/C23H25FN2O5/c1-25(2)11-12-26-20(15-7-5-6-8-17(15)30-3)19(22(28)23(26)29)21(27)16-13-14(24)9-10-18(16)31-4/h5-10,13,20,27H,11-12H2,1-4H3/t20-/m1/s1. The highest BCUT2D eigenvalue weighted by Gasteiger charge is 2.47. The summed E-state index contributed by atoms with van der Waals surface area (Å²) in [6.45, 7) is 0.749. The van der Waals surface area contributed by atoms with E-state index in [1.165, 1.54) is 31.3 Å². The van der Waals surface area contributed by atoms with Crippen molar-refractivity contribution < 1.29 is 28.6 Å². The lowest BCUT2D eigenvalue weighted by Gasteiger charge is -2.27. The number of halogens is 1. The number of aliphatic hydroxyl groups excluding tert-OH is 1. The number of likely N-dealkylation sites (tertiary alicyclic amines) is 1. The smallest absolute Gasteiger partial charge is 0.295 e. The Morgan fingerprint density at radius 3 is 2.42 bits per heavy atom. The largest absolute Gasteiger partial charge is 0.507 e. The molecule has 7 nitrogen and oxygen atoms in total. The van der Waals surface area contributed by atoms with E-state index in [4.69, 9.17) is 9.47 Å². The van der Waals surface area contributed by atoms with E-state index in [9.17, 15) is 19.1 Å². The number of likely N-dealkylation sites (N-methyl/N-ethyl adjacent to an activating group) is 1. The van der Waals surface area contributed by atoms with Crippen LogP contribution in [0.3, 0.4) is 0 Å². The Hall–Kier alpha value is -3.39. The zero-order chi connectivity index (χ0) is 22.7. The zero-order valence-electron chi connectivity index (χ0n) is 17.9. The Labute approximate surface area is 180 Å². The fraction of sp³-hybridized carbons (Fsp3) is 0.304. The van der Waals surface area contributed by atoms with Crippen LogP contribution in [0.5, 0.6) is 11.5 Å². The lowest BCUT2D eigenvalue weighted by molar-refractivity contribution is -0.140. The first kappa shape index (κ1) is 22.3. The van der Waals surface area contributed by atoms with Gasteiger partial charge in [-0.1, -0.05) is 18.2 Å². The molecule has 1 saturated heterocycles. The van der Waals surface area contributed by atoms with Gasteiger partial charge in [0, 0.05) is 18.7 Å². The Balaban J connectivity index is 2.25. The molecule has 1 aliphatic rings. The van der Waals surface area contributed by atoms with Gasteiger partial charge in [0.2, 0.25) is 0 Å². The first-order chi connectivity index (χ1) is 14.8. The SMILES string of the molecule is COc1ccc(F)cc1C(O)=C1C(=O)C(=O)N(CCN(C)C)[C@@H]1c1ccccc1OC. The minimum atomic E-state index is -0.899. The van der Waals surface area contributed by atoms with Gasteiger partial charge in [0.05, 0.1) is 31.4 Å². The van der Waals surface area contributed by atoms with Gasteiger partial charge < -0.3 is 24.4 Å². The van der Waals surface area contributed by atoms with Crippen LogP contribution in [-0.2, 0) is 9.59 Å². The summed E-state index contributed by atoms with van der Waals surface area (Å²) in [7, 11) is 6.57. The average Bonchev–Trinajstić information content (AvgIpc) is 3.01. The molecular formula is C23H25FN2O5. The summed E-state index contributed by atoms with van der Waals surface area (Å²) in [4.78, 5) is 29.3. The second-order valence-corrected chi connectivity index (χ2v) is 7.38. The van der Waals surface area contributed by atoms with Crippen LogP contribution in [0, 0.1) is 5.82 Å². The molecule has 2 aromatic carbocycles. The van der Waals surface area contributed by atoms with Crippen molar-refractivity contribution >= 4 is 17.4 Å². The molecule has 0 saturated carbocycles. The number of aliphatic hydroxyl groups is 1. The summed E-state index contributed by atoms with van der Waals surface area (Å²) in [5.41, 5.74) is 0.394. The van der Waals surface area contributed by atoms with Crippen molar-refractivity contribution in [2.45, 2.75) is 6.04 Å². The molecule has 0 radical (unpaired) electrons. The second-order valence-electron chi connectivity index (χ2n) is 7.38. The highest BCUT2D eigenvalue weighted by atomic mass is 19.1. The Kier molecular flexibility index (Phi) is 6.60. The fourth-order valence-electron chi connectivity index (χ4n) is 3.64. The molecule has 0 bridgehead atoms. The third-order valence-corrected chi connectivity index (χ3v) is 5.18. The number of carbonyl (C=O) groups excluding carboxylic acids is 2. The minimum absolute atomic E-state index is 0.00647. The molecule has 1 N–H and O–H groups in total. The number of methoxy groups -OCH3 is 2. The van der Waals surface area contributed by atoms with Crippen LogP contribution in [0.4, 0.5) is 4.39 Å². The van der Waals surface area contributed by atoms with Crippen molar-refractivity contribution in [2.24, 2.45) is 0 Å². The van der Waals surface area contributed by atoms with Gasteiger partial charge in [-0.25, -0.2) is 4.39 Å². The van der Waals surface area contributed by atoms with E-state index in [1.807, 2.05) is 19.0 Å². The number of carbonyl (C=O) groups is 2. The van der Waals surface area contributed by atoms with Crippen LogP contribution in [0.15, 0.2) is 48.0 Å². The van der Waals surface area contributed by atoms with E-state index in [0.29, 0.717) is 17.9 Å². The highest BCUT2D eigenvalue weighted by molar-refractivity contribution is 6.46. The van der Waals surface area contributed by atoms with Crippen LogP contribution >= 0.6 is 0 Å². The van der Waals surface area contributed by atoms with Gasteiger partial charge in [0.15, 0.2) is 0 Å². The zero-order valence-corrected chi connectivity index (χ0v) is 17.9. The molecule has 1 fully saturated rings. The third kappa shape index (κ3) is 4.25. The van der Waals surface area contributed by atoms with Gasteiger partial charge in [-0.05, 0) is 38.4 Å². The first-order valence-corrected chi connectivity index (χ1v) is 9.70. The van der Waals surface area contributed by atoms with Gasteiger partial charge in [-0.2, -0.15) is 0 Å². The van der Waals surface area contributed by atoms with E-state index < -0.39 is 29.3 Å². The van der Waals surface area contributed by atoms with Gasteiger partial charge in [0.1, 0.15) is 23.1 Å². The van der Waals surface area contributed by atoms with E-state index in [1.54, 1.807) is 24.3 Å². The summed E-state index contributed by atoms with van der Waals surface area (Å²) >= 11 is 0. The predicted molar refractivity (Wildman–Crippen MR) is 114 cm³/mol. The second kappa shape index (κ2) is 9.18. The van der Waals surface area contributed by atoms with E-state index >= 15 is 0 Å². The van der Waals surface area contributed by atoms with Crippen molar-refractivity contribution in [3.63, 3.8) is 0 Å². The molecule has 31 heavy (non-hydrogen) atoms. The monoisotopic (exact) mass is 428 g/mol. The van der Waals surface area contributed by atoms with Crippen molar-refractivity contribution in [3.8, 4) is 11.5 Å². The summed E-state index contributed by atoms with van der Waals surface area (Å²) in [6, 6.07) is 9.67. The molecule has 1 heterocycles. The minimum Gasteiger partial charge on any atom is -0.507 e. The van der Waals surface area contributed by atoms with Crippen LogP contribution in [0.1, 0.15) is 17.2 Å². The number of nitrogens with zero attached hydrogens (tertiary/aromatic N) is 2. The number of hydrogen-bond donors (Lipinski definition) is 1. The number of hydrogen-bond acceptors (Lipinski definition) is 6. The lowest BCUT2D eigenvalue weighted by Crippen LogP contribution is -2.35. The Morgan fingerprint density at radius 1 is 1.10 bits per heavy atom. The van der Waals surface area contributed by atoms with Crippen molar-refractivity contribution in [2.75, 3.05) is 41.4 Å². The number of benzene rings is 2. The molecule has 1 atom stereocenters. The molecular weight excluding hydrogens is 403 g/mol. The van der Waals surface area contributed by atoms with Gasteiger partial charge in [-0.3, -0.25) is 9.59 Å². The molecule has 0 aromatic heterocycles. The number of para-hydroxylation sites is 1. The number of Topliss-reactive ketones (excluding diaryl/α,β-unsaturated/α-hetero) is 1. The molecule has 3 rings (SSSR count). The Morgan fingerprint density at radius 2 is 1.77 bits per heavy atom. The number of amides is 1. The van der Waals surface area contributed by atoms with Crippen LogP contribution in [0.25, 0.3) is 5.76 Å². The van der Waals surface area contributed by atoms with E-state index in [2.05, 4.69) is 0 Å². The third-order valence-electron chi connectivity index (χ3n) is 5.18. The molecule has 0 spiro atoms. The fourth-order valence-corrected chi connectivity index (χ4v) is 3.64. The summed E-state index contributed by atoms with van der Waals surface area (Å²) in [5, 5.41) is 11.1. The van der Waals surface area contributed by atoms with E-state index in [0.717, 1.165) is 6.07 Å². The van der Waals surface area contributed by atoms with Crippen LogP contribution < -0.4 is 9.47 Å². The maximum absolute atomic E-state index is 14.0. The topological polar surface area (TPSA) is 79.3 Å².